The fourth-order valence-corrected chi connectivity index (χ4v) is 4.12. The number of guanidine groups is 1. The highest BCUT2D eigenvalue weighted by Crippen LogP contribution is 2.42. The molecule has 0 bridgehead atoms. The minimum Gasteiger partial charge on any atom is -0.381 e. The van der Waals surface area contributed by atoms with Gasteiger partial charge in [-0.1, -0.05) is 13.8 Å². The van der Waals surface area contributed by atoms with Crippen LogP contribution in [0.5, 0.6) is 0 Å². The van der Waals surface area contributed by atoms with Gasteiger partial charge >= 0.3 is 0 Å². The van der Waals surface area contributed by atoms with Crippen LogP contribution in [0.1, 0.15) is 33.1 Å². The Labute approximate surface area is 139 Å². The second-order valence-electron chi connectivity index (χ2n) is 6.90. The molecule has 2 rings (SSSR count). The van der Waals surface area contributed by atoms with E-state index >= 15 is 0 Å². The zero-order valence-corrected chi connectivity index (χ0v) is 15.4. The molecule has 2 unspecified atom stereocenters. The molecule has 1 saturated heterocycles. The number of ether oxygens (including phenoxy) is 2. The van der Waals surface area contributed by atoms with E-state index in [9.17, 15) is 0 Å². The Balaban J connectivity index is 1.85. The molecule has 6 heteroatoms. The smallest absolute Gasteiger partial charge is 0.191 e. The number of nitrogens with one attached hydrogen (secondary N) is 2. The van der Waals surface area contributed by atoms with Gasteiger partial charge in [0.1, 0.15) is 0 Å². The Kier molecular flexibility index (Phi) is 6.02. The maximum atomic E-state index is 5.52. The summed E-state index contributed by atoms with van der Waals surface area (Å²) in [4.78, 5) is 4.39. The van der Waals surface area contributed by atoms with Crippen molar-refractivity contribution in [2.24, 2.45) is 10.4 Å². The first-order chi connectivity index (χ1) is 10.5. The molecule has 2 atom stereocenters. The first-order valence-electron chi connectivity index (χ1n) is 8.10. The highest BCUT2D eigenvalue weighted by molar-refractivity contribution is 8.00. The van der Waals surface area contributed by atoms with Gasteiger partial charge in [0.05, 0.1) is 6.10 Å². The van der Waals surface area contributed by atoms with Crippen molar-refractivity contribution in [2.45, 2.75) is 50.0 Å². The van der Waals surface area contributed by atoms with Crippen molar-refractivity contribution in [3.63, 3.8) is 0 Å². The fourth-order valence-electron chi connectivity index (χ4n) is 3.33. The zero-order chi connectivity index (χ0) is 16.2. The van der Waals surface area contributed by atoms with E-state index < -0.39 is 0 Å². The summed E-state index contributed by atoms with van der Waals surface area (Å²) in [6.45, 7) is 7.15. The lowest BCUT2D eigenvalue weighted by Gasteiger charge is -2.51. The number of aliphatic imine (C=N–C) groups is 1. The van der Waals surface area contributed by atoms with Crippen molar-refractivity contribution in [1.82, 2.24) is 10.6 Å². The van der Waals surface area contributed by atoms with Gasteiger partial charge in [0.25, 0.3) is 0 Å². The summed E-state index contributed by atoms with van der Waals surface area (Å²) in [5.41, 5.74) is 0.141. The van der Waals surface area contributed by atoms with E-state index in [0.29, 0.717) is 12.1 Å². The first-order valence-corrected chi connectivity index (χ1v) is 9.33. The van der Waals surface area contributed by atoms with Crippen LogP contribution < -0.4 is 10.6 Å². The van der Waals surface area contributed by atoms with Crippen LogP contribution in [0.3, 0.4) is 0 Å². The minimum absolute atomic E-state index is 0.141. The molecule has 0 aromatic heterocycles. The van der Waals surface area contributed by atoms with E-state index in [1.807, 2.05) is 18.8 Å². The molecule has 2 aliphatic rings. The molecule has 0 amide bonds. The van der Waals surface area contributed by atoms with Crippen LogP contribution in [-0.2, 0) is 9.47 Å². The van der Waals surface area contributed by atoms with E-state index in [-0.39, 0.29) is 10.2 Å². The Bertz CT molecular complexity index is 395. The second kappa shape index (κ2) is 7.41. The van der Waals surface area contributed by atoms with Crippen LogP contribution in [0.2, 0.25) is 0 Å². The largest absolute Gasteiger partial charge is 0.381 e. The molecular formula is C16H31N3O2S. The molecule has 1 heterocycles. The molecule has 5 nitrogen and oxygen atoms in total. The van der Waals surface area contributed by atoms with Gasteiger partial charge in [0, 0.05) is 50.1 Å². The third kappa shape index (κ3) is 3.71. The average molecular weight is 330 g/mol. The zero-order valence-electron chi connectivity index (χ0n) is 14.6. The highest BCUT2D eigenvalue weighted by Gasteiger charge is 2.49. The van der Waals surface area contributed by atoms with Crippen LogP contribution in [0.4, 0.5) is 0 Å². The van der Waals surface area contributed by atoms with E-state index in [1.165, 1.54) is 0 Å². The summed E-state index contributed by atoms with van der Waals surface area (Å²) in [5.74, 6) is 0.896. The van der Waals surface area contributed by atoms with Gasteiger partial charge in [-0.2, -0.15) is 11.8 Å². The van der Waals surface area contributed by atoms with Crippen molar-refractivity contribution < 1.29 is 9.47 Å². The molecule has 1 aliphatic carbocycles. The summed E-state index contributed by atoms with van der Waals surface area (Å²) >= 11 is 1.94. The third-order valence-corrected chi connectivity index (χ3v) is 6.83. The molecule has 2 N–H and O–H groups in total. The van der Waals surface area contributed by atoms with Crippen molar-refractivity contribution in [3.8, 4) is 0 Å². The molecule has 0 radical (unpaired) electrons. The Morgan fingerprint density at radius 3 is 2.55 bits per heavy atom. The monoisotopic (exact) mass is 329 g/mol. The number of nitrogens with zero attached hydrogens (tertiary/aromatic N) is 1. The molecular weight excluding hydrogens is 298 g/mol. The molecule has 0 spiro atoms. The first kappa shape index (κ1) is 17.9. The van der Waals surface area contributed by atoms with E-state index in [1.54, 1.807) is 7.11 Å². The number of hydrogen-bond donors (Lipinski definition) is 2. The van der Waals surface area contributed by atoms with E-state index in [2.05, 4.69) is 35.7 Å². The topological polar surface area (TPSA) is 54.9 Å². The second-order valence-corrected chi connectivity index (χ2v) is 8.18. The minimum atomic E-state index is 0.141. The van der Waals surface area contributed by atoms with Crippen molar-refractivity contribution >= 4 is 17.7 Å². The normalized spacial score (nSPS) is 30.5. The average Bonchev–Trinajstić information content (AvgIpc) is 2.54. The van der Waals surface area contributed by atoms with Crippen molar-refractivity contribution in [1.29, 1.82) is 0 Å². The molecule has 22 heavy (non-hydrogen) atoms. The summed E-state index contributed by atoms with van der Waals surface area (Å²) < 4.78 is 11.3. The maximum Gasteiger partial charge on any atom is 0.191 e. The molecule has 1 aliphatic heterocycles. The molecule has 0 aromatic carbocycles. The molecule has 128 valence electrons. The standard InChI is InChI=1S/C16H31N3O2S/c1-15(2)12(10-13(15)20-4)19-14(17-3)18-11-16(22-5)6-8-21-9-7-16/h12-13H,6-11H2,1-5H3,(H2,17,18,19). The number of thioether (sulfide) groups is 1. The number of hydrogen-bond acceptors (Lipinski definition) is 4. The molecule has 2 fully saturated rings. The fraction of sp³-hybridized carbons (Fsp3) is 0.938. The summed E-state index contributed by atoms with van der Waals surface area (Å²) in [6.07, 6.45) is 5.75. The van der Waals surface area contributed by atoms with Gasteiger partial charge in [0.2, 0.25) is 0 Å². The number of methoxy groups -OCH3 is 1. The van der Waals surface area contributed by atoms with E-state index in [4.69, 9.17) is 9.47 Å². The van der Waals surface area contributed by atoms with Gasteiger partial charge in [0.15, 0.2) is 5.96 Å². The van der Waals surface area contributed by atoms with Crippen LogP contribution in [0, 0.1) is 5.41 Å². The molecule has 1 saturated carbocycles. The predicted octanol–water partition coefficient (Wildman–Crippen LogP) is 1.88. The summed E-state index contributed by atoms with van der Waals surface area (Å²) in [7, 11) is 3.63. The Morgan fingerprint density at radius 2 is 2.05 bits per heavy atom. The lowest BCUT2D eigenvalue weighted by Crippen LogP contribution is -2.63. The Hall–Kier alpha value is -0.460. The van der Waals surface area contributed by atoms with Crippen molar-refractivity contribution in [3.05, 3.63) is 0 Å². The van der Waals surface area contributed by atoms with Crippen molar-refractivity contribution in [2.75, 3.05) is 40.2 Å². The molecule has 0 aromatic rings. The SMILES string of the molecule is CN=C(NCC1(SC)CCOCC1)NC1CC(OC)C1(C)C. The van der Waals surface area contributed by atoms with Crippen LogP contribution in [0.15, 0.2) is 4.99 Å². The van der Waals surface area contributed by atoms with Crippen LogP contribution in [-0.4, -0.2) is 63.0 Å². The number of rotatable bonds is 5. The van der Waals surface area contributed by atoms with Gasteiger partial charge < -0.3 is 20.1 Å². The predicted molar refractivity (Wildman–Crippen MR) is 93.8 cm³/mol. The summed E-state index contributed by atoms with van der Waals surface area (Å²) in [5, 5.41) is 7.08. The lowest BCUT2D eigenvalue weighted by molar-refractivity contribution is -0.0922. The van der Waals surface area contributed by atoms with Crippen LogP contribution >= 0.6 is 11.8 Å². The quantitative estimate of drug-likeness (QED) is 0.596. The lowest BCUT2D eigenvalue weighted by atomic mass is 9.64. The maximum absolute atomic E-state index is 5.52. The highest BCUT2D eigenvalue weighted by atomic mass is 32.2. The van der Waals surface area contributed by atoms with Crippen LogP contribution in [0.25, 0.3) is 0 Å². The van der Waals surface area contributed by atoms with Gasteiger partial charge in [-0.25, -0.2) is 0 Å². The summed E-state index contributed by atoms with van der Waals surface area (Å²) in [6, 6.07) is 0.406. The third-order valence-electron chi connectivity index (χ3n) is 5.41. The van der Waals surface area contributed by atoms with Gasteiger partial charge in [-0.15, -0.1) is 0 Å². The Morgan fingerprint density at radius 1 is 1.36 bits per heavy atom. The van der Waals surface area contributed by atoms with Gasteiger partial charge in [-0.3, -0.25) is 4.99 Å². The van der Waals surface area contributed by atoms with E-state index in [0.717, 1.165) is 45.0 Å². The van der Waals surface area contributed by atoms with Gasteiger partial charge in [-0.05, 0) is 25.5 Å².